The number of nitrogens with zero attached hydrogens (tertiary/aromatic N) is 2. The molecule has 1 aromatic heterocycles. The normalized spacial score (nSPS) is 12.4. The number of para-hydroxylation sites is 1. The van der Waals surface area contributed by atoms with E-state index >= 15 is 0 Å². The molecule has 1 N–H and O–H groups in total. The maximum absolute atomic E-state index is 12.6. The van der Waals surface area contributed by atoms with Crippen molar-refractivity contribution in [1.82, 2.24) is 14.9 Å². The van der Waals surface area contributed by atoms with Crippen LogP contribution in [0.4, 0.5) is 0 Å². The lowest BCUT2D eigenvalue weighted by atomic mass is 9.87. The minimum atomic E-state index is -0.586. The summed E-state index contributed by atoms with van der Waals surface area (Å²) in [4.78, 5) is 16.8. The number of ether oxygens (including phenoxy) is 1. The Morgan fingerprint density at radius 3 is 2.45 bits per heavy atom. The van der Waals surface area contributed by atoms with Gasteiger partial charge in [-0.1, -0.05) is 51.1 Å². The van der Waals surface area contributed by atoms with Gasteiger partial charge in [-0.2, -0.15) is 0 Å². The van der Waals surface area contributed by atoms with Crippen LogP contribution in [-0.2, 0) is 16.8 Å². The van der Waals surface area contributed by atoms with E-state index < -0.39 is 6.10 Å². The summed E-state index contributed by atoms with van der Waals surface area (Å²) in [5.41, 5.74) is 3.34. The number of hydrogen-bond donors (Lipinski definition) is 1. The third-order valence-corrected chi connectivity index (χ3v) is 4.93. The van der Waals surface area contributed by atoms with Gasteiger partial charge in [0.05, 0.1) is 5.69 Å². The van der Waals surface area contributed by atoms with E-state index in [1.807, 2.05) is 66.2 Å². The predicted octanol–water partition coefficient (Wildman–Crippen LogP) is 4.56. The number of hydrogen-bond acceptors (Lipinski definition) is 3. The van der Waals surface area contributed by atoms with Crippen molar-refractivity contribution in [1.29, 1.82) is 0 Å². The first-order valence-corrected chi connectivity index (χ1v) is 9.89. The number of imidazole rings is 1. The second-order valence-corrected chi connectivity index (χ2v) is 8.23. The van der Waals surface area contributed by atoms with Gasteiger partial charge in [-0.05, 0) is 48.6 Å². The highest BCUT2D eigenvalue weighted by Gasteiger charge is 2.17. The number of rotatable bonds is 6. The lowest BCUT2D eigenvalue weighted by Crippen LogP contribution is -2.36. The first kappa shape index (κ1) is 20.6. The van der Waals surface area contributed by atoms with Crippen molar-refractivity contribution in [2.45, 2.75) is 52.7 Å². The zero-order valence-corrected chi connectivity index (χ0v) is 17.8. The van der Waals surface area contributed by atoms with Gasteiger partial charge in [0.2, 0.25) is 0 Å². The molecule has 29 heavy (non-hydrogen) atoms. The number of amides is 1. The molecule has 2 aromatic carbocycles. The molecule has 0 aliphatic rings. The van der Waals surface area contributed by atoms with Crippen LogP contribution in [0.5, 0.6) is 5.75 Å². The van der Waals surface area contributed by atoms with Crippen molar-refractivity contribution in [3.63, 3.8) is 0 Å². The van der Waals surface area contributed by atoms with Crippen LogP contribution in [0.2, 0.25) is 0 Å². The lowest BCUT2D eigenvalue weighted by molar-refractivity contribution is -0.127. The molecule has 0 bridgehead atoms. The summed E-state index contributed by atoms with van der Waals surface area (Å²) in [5, 5.41) is 2.98. The van der Waals surface area contributed by atoms with Crippen molar-refractivity contribution in [3.05, 3.63) is 77.9 Å². The van der Waals surface area contributed by atoms with Crippen LogP contribution in [0.3, 0.4) is 0 Å². The van der Waals surface area contributed by atoms with Crippen molar-refractivity contribution in [2.75, 3.05) is 0 Å². The van der Waals surface area contributed by atoms with Crippen molar-refractivity contribution in [2.24, 2.45) is 0 Å². The molecule has 0 aliphatic carbocycles. The first-order chi connectivity index (χ1) is 13.8. The molecule has 0 aliphatic heterocycles. The molecule has 1 heterocycles. The summed E-state index contributed by atoms with van der Waals surface area (Å²) >= 11 is 0. The third kappa shape index (κ3) is 5.05. The van der Waals surface area contributed by atoms with Crippen LogP contribution in [0.15, 0.2) is 60.9 Å². The van der Waals surface area contributed by atoms with Crippen molar-refractivity contribution < 1.29 is 9.53 Å². The molecule has 0 radical (unpaired) electrons. The van der Waals surface area contributed by atoms with E-state index in [1.54, 1.807) is 13.1 Å². The standard InChI is InChI=1S/C24H29N3O2/c1-17(29-21-12-10-20(11-13-21)24(3,4)5)23(28)26-16-19-8-6-7-9-22(19)27-15-14-25-18(27)2/h6-15,17H,16H2,1-5H3,(H,26,28)/t17-/m1/s1. The average Bonchev–Trinajstić information content (AvgIpc) is 3.11. The van der Waals surface area contributed by atoms with E-state index in [4.69, 9.17) is 4.74 Å². The maximum atomic E-state index is 12.6. The molecule has 1 atom stereocenters. The van der Waals surface area contributed by atoms with Gasteiger partial charge in [-0.15, -0.1) is 0 Å². The van der Waals surface area contributed by atoms with Gasteiger partial charge in [-0.25, -0.2) is 4.98 Å². The van der Waals surface area contributed by atoms with E-state index in [0.29, 0.717) is 12.3 Å². The molecular formula is C24H29N3O2. The average molecular weight is 392 g/mol. The minimum absolute atomic E-state index is 0.0858. The number of benzene rings is 2. The van der Waals surface area contributed by atoms with Gasteiger partial charge in [0.15, 0.2) is 6.10 Å². The summed E-state index contributed by atoms with van der Waals surface area (Å²) < 4.78 is 7.84. The number of aryl methyl sites for hydroxylation is 1. The van der Waals surface area contributed by atoms with E-state index in [-0.39, 0.29) is 11.3 Å². The van der Waals surface area contributed by atoms with Gasteiger partial charge in [0, 0.05) is 18.9 Å². The smallest absolute Gasteiger partial charge is 0.261 e. The third-order valence-electron chi connectivity index (χ3n) is 4.93. The second-order valence-electron chi connectivity index (χ2n) is 8.23. The van der Waals surface area contributed by atoms with Crippen LogP contribution < -0.4 is 10.1 Å². The number of nitrogens with one attached hydrogen (secondary N) is 1. The predicted molar refractivity (Wildman–Crippen MR) is 115 cm³/mol. The topological polar surface area (TPSA) is 56.2 Å². The van der Waals surface area contributed by atoms with E-state index in [9.17, 15) is 4.79 Å². The monoisotopic (exact) mass is 391 g/mol. The van der Waals surface area contributed by atoms with Crippen molar-refractivity contribution in [3.8, 4) is 11.4 Å². The fourth-order valence-corrected chi connectivity index (χ4v) is 3.15. The van der Waals surface area contributed by atoms with Crippen molar-refractivity contribution >= 4 is 5.91 Å². The molecule has 0 spiro atoms. The molecular weight excluding hydrogens is 362 g/mol. The Morgan fingerprint density at radius 1 is 1.14 bits per heavy atom. The molecule has 1 amide bonds. The number of aromatic nitrogens is 2. The molecule has 3 rings (SSSR count). The van der Waals surface area contributed by atoms with Crippen LogP contribution in [-0.4, -0.2) is 21.6 Å². The molecule has 0 saturated heterocycles. The fraction of sp³-hybridized carbons (Fsp3) is 0.333. The first-order valence-electron chi connectivity index (χ1n) is 9.89. The maximum Gasteiger partial charge on any atom is 0.261 e. The Bertz CT molecular complexity index is 968. The van der Waals surface area contributed by atoms with Crippen LogP contribution in [0, 0.1) is 6.92 Å². The number of carbonyl (C=O) groups excluding carboxylic acids is 1. The van der Waals surface area contributed by atoms with E-state index in [0.717, 1.165) is 17.1 Å². The van der Waals surface area contributed by atoms with Crippen LogP contribution >= 0.6 is 0 Å². The Morgan fingerprint density at radius 2 is 1.83 bits per heavy atom. The zero-order chi connectivity index (χ0) is 21.0. The molecule has 3 aromatic rings. The quantitative estimate of drug-likeness (QED) is 0.670. The van der Waals surface area contributed by atoms with E-state index in [1.165, 1.54) is 5.56 Å². The Kier molecular flexibility index (Phi) is 6.06. The minimum Gasteiger partial charge on any atom is -0.481 e. The zero-order valence-electron chi connectivity index (χ0n) is 17.8. The summed E-state index contributed by atoms with van der Waals surface area (Å²) in [6.07, 6.45) is 3.10. The summed E-state index contributed by atoms with van der Waals surface area (Å²) in [5.74, 6) is 1.44. The highest BCUT2D eigenvalue weighted by molar-refractivity contribution is 5.80. The Balaban J connectivity index is 1.62. The molecule has 0 unspecified atom stereocenters. The lowest BCUT2D eigenvalue weighted by Gasteiger charge is -2.20. The number of carbonyl (C=O) groups is 1. The Hall–Kier alpha value is -3.08. The largest absolute Gasteiger partial charge is 0.481 e. The highest BCUT2D eigenvalue weighted by atomic mass is 16.5. The van der Waals surface area contributed by atoms with Gasteiger partial charge in [0.25, 0.3) is 5.91 Å². The summed E-state index contributed by atoms with van der Waals surface area (Å²) in [6.45, 7) is 10.6. The summed E-state index contributed by atoms with van der Waals surface area (Å²) in [7, 11) is 0. The van der Waals surface area contributed by atoms with Gasteiger partial charge in [0.1, 0.15) is 11.6 Å². The summed E-state index contributed by atoms with van der Waals surface area (Å²) in [6, 6.07) is 15.9. The van der Waals surface area contributed by atoms with Gasteiger partial charge < -0.3 is 14.6 Å². The molecule has 152 valence electrons. The molecule has 0 fully saturated rings. The van der Waals surface area contributed by atoms with E-state index in [2.05, 4.69) is 31.1 Å². The van der Waals surface area contributed by atoms with Crippen LogP contribution in [0.25, 0.3) is 5.69 Å². The SMILES string of the molecule is Cc1nccn1-c1ccccc1CNC(=O)[C@@H](C)Oc1ccc(C(C)(C)C)cc1. The van der Waals surface area contributed by atoms with Crippen LogP contribution in [0.1, 0.15) is 44.6 Å². The second kappa shape index (κ2) is 8.52. The molecule has 0 saturated carbocycles. The molecule has 5 heteroatoms. The van der Waals surface area contributed by atoms with Gasteiger partial charge in [-0.3, -0.25) is 4.79 Å². The fourth-order valence-electron chi connectivity index (χ4n) is 3.15. The van der Waals surface area contributed by atoms with Gasteiger partial charge >= 0.3 is 0 Å². The highest BCUT2D eigenvalue weighted by Crippen LogP contribution is 2.24. The molecule has 5 nitrogen and oxygen atoms in total. The Labute approximate surface area is 172 Å².